The molecule has 2 rings (SSSR count). The van der Waals surface area contributed by atoms with Crippen molar-refractivity contribution >= 4 is 21.8 Å². The Bertz CT molecular complexity index is 511. The molecule has 21 heavy (non-hydrogen) atoms. The van der Waals surface area contributed by atoms with Gasteiger partial charge in [0.2, 0.25) is 0 Å². The lowest BCUT2D eigenvalue weighted by Crippen LogP contribution is -2.48. The molecule has 1 saturated heterocycles. The van der Waals surface area contributed by atoms with Crippen molar-refractivity contribution in [2.75, 3.05) is 20.8 Å². The van der Waals surface area contributed by atoms with E-state index in [2.05, 4.69) is 15.9 Å². The molecule has 2 atom stereocenters. The summed E-state index contributed by atoms with van der Waals surface area (Å²) in [5, 5.41) is 0. The van der Waals surface area contributed by atoms with E-state index in [-0.39, 0.29) is 18.0 Å². The van der Waals surface area contributed by atoms with Crippen molar-refractivity contribution in [1.29, 1.82) is 0 Å². The number of carbonyl (C=O) groups excluding carboxylic acids is 1. The second kappa shape index (κ2) is 6.66. The number of carbonyl (C=O) groups is 1. The van der Waals surface area contributed by atoms with Crippen LogP contribution >= 0.6 is 15.9 Å². The Morgan fingerprint density at radius 2 is 1.90 bits per heavy atom. The summed E-state index contributed by atoms with van der Waals surface area (Å²) >= 11 is 3.41. The molecule has 2 N–H and O–H groups in total. The lowest BCUT2D eigenvalue weighted by molar-refractivity contribution is 0.0618. The van der Waals surface area contributed by atoms with Crippen molar-refractivity contribution in [1.82, 2.24) is 4.90 Å². The van der Waals surface area contributed by atoms with Crippen LogP contribution in [-0.4, -0.2) is 43.7 Å². The van der Waals surface area contributed by atoms with E-state index in [0.29, 0.717) is 28.1 Å². The number of hydrogen-bond donors (Lipinski definition) is 1. The van der Waals surface area contributed by atoms with Crippen LogP contribution < -0.4 is 15.2 Å². The molecule has 1 aliphatic rings. The van der Waals surface area contributed by atoms with E-state index in [4.69, 9.17) is 15.2 Å². The van der Waals surface area contributed by atoms with Crippen LogP contribution in [0.4, 0.5) is 0 Å². The zero-order valence-electron chi connectivity index (χ0n) is 12.6. The summed E-state index contributed by atoms with van der Waals surface area (Å²) in [6.45, 7) is 2.71. The monoisotopic (exact) mass is 356 g/mol. The highest BCUT2D eigenvalue weighted by Gasteiger charge is 2.28. The number of halogens is 1. The first-order chi connectivity index (χ1) is 9.97. The Labute approximate surface area is 133 Å². The van der Waals surface area contributed by atoms with Crippen LogP contribution in [0.15, 0.2) is 16.6 Å². The fourth-order valence-corrected chi connectivity index (χ4v) is 3.22. The number of ether oxygens (including phenoxy) is 2. The summed E-state index contributed by atoms with van der Waals surface area (Å²) in [7, 11) is 3.13. The third-order valence-corrected chi connectivity index (χ3v) is 4.65. The molecule has 0 saturated carbocycles. The summed E-state index contributed by atoms with van der Waals surface area (Å²) in [6.07, 6.45) is 1.66. The summed E-state index contributed by atoms with van der Waals surface area (Å²) in [5.41, 5.74) is 6.52. The molecule has 1 aliphatic heterocycles. The van der Waals surface area contributed by atoms with Gasteiger partial charge in [-0.25, -0.2) is 0 Å². The van der Waals surface area contributed by atoms with Crippen molar-refractivity contribution < 1.29 is 14.3 Å². The molecule has 0 aromatic heterocycles. The number of hydrogen-bond acceptors (Lipinski definition) is 4. The van der Waals surface area contributed by atoms with Crippen LogP contribution in [-0.2, 0) is 0 Å². The number of piperidine rings is 1. The smallest absolute Gasteiger partial charge is 0.254 e. The standard InChI is InChI=1S/C15H21BrN2O3/c1-9-6-11(17)4-5-18(9)15(19)10-7-12(20-2)14(16)13(8-10)21-3/h7-9,11H,4-6,17H2,1-3H3/t9-,11-/m0/s1. The number of nitrogens with zero attached hydrogens (tertiary/aromatic N) is 1. The molecule has 1 amide bonds. The van der Waals surface area contributed by atoms with Crippen LogP contribution in [0.3, 0.4) is 0 Å². The Hall–Kier alpha value is -1.27. The summed E-state index contributed by atoms with van der Waals surface area (Å²) in [4.78, 5) is 14.6. The van der Waals surface area contributed by atoms with Crippen LogP contribution in [0, 0.1) is 0 Å². The fourth-order valence-electron chi connectivity index (χ4n) is 2.67. The summed E-state index contributed by atoms with van der Waals surface area (Å²) in [5.74, 6) is 1.15. The minimum absolute atomic E-state index is 0.0153. The molecule has 1 fully saturated rings. The maximum atomic E-state index is 12.7. The van der Waals surface area contributed by atoms with E-state index in [0.717, 1.165) is 12.8 Å². The Morgan fingerprint density at radius 1 is 1.33 bits per heavy atom. The van der Waals surface area contributed by atoms with E-state index in [1.807, 2.05) is 11.8 Å². The predicted octanol–water partition coefficient (Wildman–Crippen LogP) is 2.42. The second-order valence-corrected chi connectivity index (χ2v) is 6.12. The van der Waals surface area contributed by atoms with Crippen LogP contribution in [0.1, 0.15) is 30.1 Å². The van der Waals surface area contributed by atoms with Crippen molar-refractivity contribution in [2.45, 2.75) is 31.8 Å². The fraction of sp³-hybridized carbons (Fsp3) is 0.533. The van der Waals surface area contributed by atoms with E-state index in [1.165, 1.54) is 0 Å². The Kier molecular flexibility index (Phi) is 5.11. The number of methoxy groups -OCH3 is 2. The van der Waals surface area contributed by atoms with Gasteiger partial charge in [-0.2, -0.15) is 0 Å². The van der Waals surface area contributed by atoms with Crippen molar-refractivity contribution in [3.05, 3.63) is 22.2 Å². The molecule has 0 spiro atoms. The van der Waals surface area contributed by atoms with Gasteiger partial charge in [-0.15, -0.1) is 0 Å². The third kappa shape index (κ3) is 3.32. The average molecular weight is 357 g/mol. The first-order valence-electron chi connectivity index (χ1n) is 6.96. The highest BCUT2D eigenvalue weighted by Crippen LogP contribution is 2.36. The number of rotatable bonds is 3. The lowest BCUT2D eigenvalue weighted by Gasteiger charge is -2.36. The molecule has 116 valence electrons. The molecular formula is C15H21BrN2O3. The molecule has 0 radical (unpaired) electrons. The topological polar surface area (TPSA) is 64.8 Å². The lowest BCUT2D eigenvalue weighted by atomic mass is 9.98. The van der Waals surface area contributed by atoms with Gasteiger partial charge in [-0.05, 0) is 47.8 Å². The first kappa shape index (κ1) is 16.1. The largest absolute Gasteiger partial charge is 0.495 e. The van der Waals surface area contributed by atoms with Gasteiger partial charge >= 0.3 is 0 Å². The van der Waals surface area contributed by atoms with E-state index < -0.39 is 0 Å². The van der Waals surface area contributed by atoms with Gasteiger partial charge in [0.1, 0.15) is 16.0 Å². The van der Waals surface area contributed by atoms with Gasteiger partial charge in [0.25, 0.3) is 5.91 Å². The van der Waals surface area contributed by atoms with Crippen LogP contribution in [0.25, 0.3) is 0 Å². The third-order valence-electron chi connectivity index (χ3n) is 3.87. The van der Waals surface area contributed by atoms with Crippen LogP contribution in [0.5, 0.6) is 11.5 Å². The van der Waals surface area contributed by atoms with Gasteiger partial charge < -0.3 is 20.1 Å². The molecule has 0 unspecified atom stereocenters. The number of nitrogens with two attached hydrogens (primary N) is 1. The highest BCUT2D eigenvalue weighted by molar-refractivity contribution is 9.10. The van der Waals surface area contributed by atoms with Crippen molar-refractivity contribution in [2.24, 2.45) is 5.73 Å². The van der Waals surface area contributed by atoms with Gasteiger partial charge in [-0.3, -0.25) is 4.79 Å². The molecule has 5 nitrogen and oxygen atoms in total. The molecule has 1 aromatic rings. The van der Waals surface area contributed by atoms with Gasteiger partial charge in [0.15, 0.2) is 0 Å². The van der Waals surface area contributed by atoms with Gasteiger partial charge in [0, 0.05) is 24.2 Å². The van der Waals surface area contributed by atoms with Crippen LogP contribution in [0.2, 0.25) is 0 Å². The number of benzene rings is 1. The summed E-state index contributed by atoms with van der Waals surface area (Å²) in [6, 6.07) is 3.78. The normalized spacial score (nSPS) is 22.0. The van der Waals surface area contributed by atoms with Gasteiger partial charge in [-0.1, -0.05) is 0 Å². The molecule has 6 heteroatoms. The predicted molar refractivity (Wildman–Crippen MR) is 85.0 cm³/mol. The maximum absolute atomic E-state index is 12.7. The number of likely N-dealkylation sites (tertiary alicyclic amines) is 1. The van der Waals surface area contributed by atoms with Gasteiger partial charge in [0.05, 0.1) is 14.2 Å². The Balaban J connectivity index is 2.30. The molecule has 1 heterocycles. The zero-order valence-corrected chi connectivity index (χ0v) is 14.1. The SMILES string of the molecule is COc1cc(C(=O)N2CC[C@H](N)C[C@@H]2C)cc(OC)c1Br. The molecular weight excluding hydrogens is 336 g/mol. The Morgan fingerprint density at radius 3 is 2.38 bits per heavy atom. The van der Waals surface area contributed by atoms with E-state index >= 15 is 0 Å². The van der Waals surface area contributed by atoms with E-state index in [9.17, 15) is 4.79 Å². The quantitative estimate of drug-likeness (QED) is 0.902. The van der Waals surface area contributed by atoms with Crippen molar-refractivity contribution in [3.8, 4) is 11.5 Å². The number of amides is 1. The highest BCUT2D eigenvalue weighted by atomic mass is 79.9. The van der Waals surface area contributed by atoms with E-state index in [1.54, 1.807) is 26.4 Å². The van der Waals surface area contributed by atoms with Crippen molar-refractivity contribution in [3.63, 3.8) is 0 Å². The first-order valence-corrected chi connectivity index (χ1v) is 7.75. The maximum Gasteiger partial charge on any atom is 0.254 e. The molecule has 0 aliphatic carbocycles. The minimum atomic E-state index is -0.0153. The minimum Gasteiger partial charge on any atom is -0.495 e. The average Bonchev–Trinajstić information content (AvgIpc) is 2.47. The molecule has 0 bridgehead atoms. The summed E-state index contributed by atoms with van der Waals surface area (Å²) < 4.78 is 11.3. The second-order valence-electron chi connectivity index (χ2n) is 5.33. The zero-order chi connectivity index (χ0) is 15.6. The molecule has 1 aromatic carbocycles.